The van der Waals surface area contributed by atoms with E-state index < -0.39 is 0 Å². The van der Waals surface area contributed by atoms with E-state index >= 15 is 0 Å². The molecule has 3 rings (SSSR count). The minimum Gasteiger partial charge on any atom is -0.262 e. The van der Waals surface area contributed by atoms with Crippen LogP contribution in [0.4, 0.5) is 0 Å². The van der Waals surface area contributed by atoms with Crippen LogP contribution in [0.5, 0.6) is 0 Å². The van der Waals surface area contributed by atoms with Gasteiger partial charge in [0.2, 0.25) is 0 Å². The van der Waals surface area contributed by atoms with E-state index in [9.17, 15) is 0 Å². The summed E-state index contributed by atoms with van der Waals surface area (Å²) in [4.78, 5) is 14.8. The van der Waals surface area contributed by atoms with Crippen molar-refractivity contribution >= 4 is 0 Å². The molecule has 0 unspecified atom stereocenters. The molecule has 0 saturated carbocycles. The van der Waals surface area contributed by atoms with Crippen molar-refractivity contribution in [1.82, 2.24) is 19.9 Å². The molecule has 4 heteroatoms. The molecule has 0 saturated heterocycles. The van der Waals surface area contributed by atoms with Crippen LogP contribution in [0.3, 0.4) is 0 Å². The fourth-order valence-electron chi connectivity index (χ4n) is 0.892. The Morgan fingerprint density at radius 2 is 0.722 bits per heavy atom. The molecule has 0 radical (unpaired) electrons. The second-order valence-corrected chi connectivity index (χ2v) is 2.95. The smallest absolute Gasteiger partial charge is 0.115 e. The minimum absolute atomic E-state index is 1.50. The number of rotatable bonds is 0. The SMILES string of the molecule is c1ccccc1.c1cnccn1.c1cncnc1. The van der Waals surface area contributed by atoms with Crippen LogP contribution in [0.25, 0.3) is 0 Å². The zero-order valence-electron chi connectivity index (χ0n) is 9.87. The molecule has 0 bridgehead atoms. The summed E-state index contributed by atoms with van der Waals surface area (Å²) in [5, 5.41) is 0. The fourth-order valence-corrected chi connectivity index (χ4v) is 0.892. The lowest BCUT2D eigenvalue weighted by atomic mass is 10.4. The zero-order chi connectivity index (χ0) is 12.7. The van der Waals surface area contributed by atoms with Crippen LogP contribution in [0.15, 0.2) is 86.0 Å². The lowest BCUT2D eigenvalue weighted by Crippen LogP contribution is -1.66. The first-order valence-corrected chi connectivity index (χ1v) is 5.40. The molecule has 18 heavy (non-hydrogen) atoms. The van der Waals surface area contributed by atoms with Crippen LogP contribution < -0.4 is 0 Å². The molecule has 4 nitrogen and oxygen atoms in total. The van der Waals surface area contributed by atoms with Crippen LogP contribution in [-0.2, 0) is 0 Å². The minimum atomic E-state index is 1.50. The number of hydrogen-bond donors (Lipinski definition) is 0. The van der Waals surface area contributed by atoms with Crippen LogP contribution in [-0.4, -0.2) is 19.9 Å². The van der Waals surface area contributed by atoms with Crippen molar-refractivity contribution < 1.29 is 0 Å². The van der Waals surface area contributed by atoms with E-state index in [0.717, 1.165) is 0 Å². The van der Waals surface area contributed by atoms with Gasteiger partial charge in [0.15, 0.2) is 0 Å². The van der Waals surface area contributed by atoms with E-state index in [1.807, 2.05) is 36.4 Å². The maximum atomic E-state index is 3.72. The molecule has 0 atom stereocenters. The maximum Gasteiger partial charge on any atom is 0.115 e. The molecule has 0 spiro atoms. The number of benzene rings is 1. The van der Waals surface area contributed by atoms with Gasteiger partial charge in [-0.25, -0.2) is 9.97 Å². The summed E-state index contributed by atoms with van der Waals surface area (Å²) in [6, 6.07) is 13.8. The predicted octanol–water partition coefficient (Wildman–Crippen LogP) is 2.64. The molecular formula is C14H14N4. The van der Waals surface area contributed by atoms with E-state index in [0.29, 0.717) is 0 Å². The number of nitrogens with zero attached hydrogens (tertiary/aromatic N) is 4. The topological polar surface area (TPSA) is 51.6 Å². The summed E-state index contributed by atoms with van der Waals surface area (Å²) in [5.74, 6) is 0. The summed E-state index contributed by atoms with van der Waals surface area (Å²) in [5.41, 5.74) is 0. The lowest BCUT2D eigenvalue weighted by Gasteiger charge is -1.70. The van der Waals surface area contributed by atoms with E-state index in [2.05, 4.69) is 19.9 Å². The first-order valence-electron chi connectivity index (χ1n) is 5.40. The zero-order valence-corrected chi connectivity index (χ0v) is 9.87. The molecule has 0 aliphatic rings. The van der Waals surface area contributed by atoms with E-state index in [1.54, 1.807) is 43.2 Å². The molecule has 0 amide bonds. The third-order valence-corrected chi connectivity index (χ3v) is 1.62. The Morgan fingerprint density at radius 1 is 0.333 bits per heavy atom. The summed E-state index contributed by atoms with van der Waals surface area (Å²) < 4.78 is 0. The molecule has 1 aromatic carbocycles. The lowest BCUT2D eigenvalue weighted by molar-refractivity contribution is 1.17. The molecule has 0 aliphatic carbocycles. The van der Waals surface area contributed by atoms with Crippen LogP contribution >= 0.6 is 0 Å². The van der Waals surface area contributed by atoms with Crippen LogP contribution in [0.1, 0.15) is 0 Å². The van der Waals surface area contributed by atoms with Gasteiger partial charge in [0, 0.05) is 37.2 Å². The van der Waals surface area contributed by atoms with Gasteiger partial charge in [-0.05, 0) is 6.07 Å². The van der Waals surface area contributed by atoms with Crippen molar-refractivity contribution in [3.8, 4) is 0 Å². The first-order chi connectivity index (χ1) is 9.00. The van der Waals surface area contributed by atoms with Crippen molar-refractivity contribution in [3.63, 3.8) is 0 Å². The predicted molar refractivity (Wildman–Crippen MR) is 70.5 cm³/mol. The highest BCUT2D eigenvalue weighted by Crippen LogP contribution is 1.79. The second-order valence-electron chi connectivity index (χ2n) is 2.95. The van der Waals surface area contributed by atoms with Gasteiger partial charge in [0.05, 0.1) is 0 Å². The highest BCUT2D eigenvalue weighted by atomic mass is 14.8. The van der Waals surface area contributed by atoms with Crippen molar-refractivity contribution in [2.24, 2.45) is 0 Å². The molecule has 0 fully saturated rings. The summed E-state index contributed by atoms with van der Waals surface area (Å²) >= 11 is 0. The summed E-state index contributed by atoms with van der Waals surface area (Å²) in [7, 11) is 0. The Hall–Kier alpha value is -2.62. The average molecular weight is 238 g/mol. The normalized spacial score (nSPS) is 8.00. The van der Waals surface area contributed by atoms with Gasteiger partial charge in [-0.1, -0.05) is 36.4 Å². The van der Waals surface area contributed by atoms with Gasteiger partial charge in [0.25, 0.3) is 0 Å². The molecule has 0 aliphatic heterocycles. The van der Waals surface area contributed by atoms with Gasteiger partial charge in [0.1, 0.15) is 6.33 Å². The van der Waals surface area contributed by atoms with Crippen LogP contribution in [0.2, 0.25) is 0 Å². The molecule has 2 heterocycles. The Kier molecular flexibility index (Phi) is 8.13. The molecule has 2 aromatic heterocycles. The second kappa shape index (κ2) is 10.9. The monoisotopic (exact) mass is 238 g/mol. The van der Waals surface area contributed by atoms with Gasteiger partial charge >= 0.3 is 0 Å². The van der Waals surface area contributed by atoms with Gasteiger partial charge in [-0.15, -0.1) is 0 Å². The average Bonchev–Trinajstić information content (AvgIpc) is 2.54. The number of aromatic nitrogens is 4. The third-order valence-electron chi connectivity index (χ3n) is 1.62. The molecular weight excluding hydrogens is 224 g/mol. The molecule has 3 aromatic rings. The van der Waals surface area contributed by atoms with Crippen molar-refractivity contribution in [2.75, 3.05) is 0 Å². The Labute approximate surface area is 106 Å². The Balaban J connectivity index is 0.000000135. The maximum absolute atomic E-state index is 3.72. The Bertz CT molecular complexity index is 305. The standard InChI is InChI=1S/C6H6.2C4H4N2/c1-2-4-6-5-3-1;1-2-6-4-3-5-1;1-2-5-4-6-3-1/h1-6H;2*1-4H. The summed E-state index contributed by atoms with van der Waals surface area (Å²) in [6.07, 6.45) is 11.4. The molecule has 0 N–H and O–H groups in total. The van der Waals surface area contributed by atoms with Gasteiger partial charge in [-0.2, -0.15) is 0 Å². The largest absolute Gasteiger partial charge is 0.262 e. The fraction of sp³-hybridized carbons (Fsp3) is 0. The Morgan fingerprint density at radius 3 is 0.889 bits per heavy atom. The number of hydrogen-bond acceptors (Lipinski definition) is 4. The third kappa shape index (κ3) is 8.67. The highest BCUT2D eigenvalue weighted by molar-refractivity contribution is 4.99. The van der Waals surface area contributed by atoms with Crippen molar-refractivity contribution in [1.29, 1.82) is 0 Å². The molecule has 90 valence electrons. The first kappa shape index (κ1) is 13.4. The quantitative estimate of drug-likeness (QED) is 0.604. The van der Waals surface area contributed by atoms with Crippen LogP contribution in [0, 0.1) is 0 Å². The van der Waals surface area contributed by atoms with E-state index in [4.69, 9.17) is 0 Å². The van der Waals surface area contributed by atoms with Crippen molar-refractivity contribution in [3.05, 3.63) is 86.0 Å². The summed E-state index contributed by atoms with van der Waals surface area (Å²) in [6.45, 7) is 0. The van der Waals surface area contributed by atoms with E-state index in [1.165, 1.54) is 6.33 Å². The van der Waals surface area contributed by atoms with Gasteiger partial charge in [-0.3, -0.25) is 9.97 Å². The van der Waals surface area contributed by atoms with Crippen molar-refractivity contribution in [2.45, 2.75) is 0 Å². The van der Waals surface area contributed by atoms with E-state index in [-0.39, 0.29) is 0 Å². The van der Waals surface area contributed by atoms with Gasteiger partial charge < -0.3 is 0 Å². The highest BCUT2D eigenvalue weighted by Gasteiger charge is 1.60.